The lowest BCUT2D eigenvalue weighted by Crippen LogP contribution is -2.42. The maximum absolute atomic E-state index is 13.6. The zero-order valence-electron chi connectivity index (χ0n) is 20.9. The zero-order valence-corrected chi connectivity index (χ0v) is 20.9. The summed E-state index contributed by atoms with van der Waals surface area (Å²) >= 11 is 0. The van der Waals surface area contributed by atoms with Crippen molar-refractivity contribution in [3.63, 3.8) is 0 Å². The van der Waals surface area contributed by atoms with E-state index < -0.39 is 5.69 Å². The first-order valence-corrected chi connectivity index (χ1v) is 11.8. The molecule has 0 aliphatic rings. The van der Waals surface area contributed by atoms with Crippen LogP contribution in [0.25, 0.3) is 11.0 Å². The van der Waals surface area contributed by atoms with Gasteiger partial charge in [-0.1, -0.05) is 48.0 Å². The molecule has 4 rings (SSSR count). The third-order valence-electron chi connectivity index (χ3n) is 6.28. The number of hydrogen-bond acceptors (Lipinski definition) is 4. The fraction of sp³-hybridized carbons (Fsp3) is 0.333. The van der Waals surface area contributed by atoms with E-state index in [1.165, 1.54) is 9.13 Å². The zero-order chi connectivity index (χ0) is 25.3. The molecule has 0 atom stereocenters. The smallest absolute Gasteiger partial charge is 0.324 e. The number of rotatable bonds is 7. The topological polar surface area (TPSA) is 90.9 Å². The van der Waals surface area contributed by atoms with Crippen LogP contribution in [0.15, 0.2) is 52.1 Å². The molecule has 0 bridgehead atoms. The van der Waals surface area contributed by atoms with E-state index in [-0.39, 0.29) is 24.6 Å². The molecule has 1 amide bonds. The Morgan fingerprint density at radius 2 is 1.60 bits per heavy atom. The Balaban J connectivity index is 1.77. The summed E-state index contributed by atoms with van der Waals surface area (Å²) in [4.78, 5) is 40.1. The Kier molecular flexibility index (Phi) is 6.73. The van der Waals surface area contributed by atoms with Gasteiger partial charge in [0.2, 0.25) is 5.91 Å². The number of nitrogens with zero attached hydrogens (tertiary/aromatic N) is 4. The first kappa shape index (κ1) is 24.2. The monoisotopic (exact) mass is 473 g/mol. The van der Waals surface area contributed by atoms with E-state index in [2.05, 4.69) is 10.4 Å². The summed E-state index contributed by atoms with van der Waals surface area (Å²) in [5.74, 6) is -0.333. The second kappa shape index (κ2) is 9.74. The molecular weight excluding hydrogens is 442 g/mol. The van der Waals surface area contributed by atoms with Gasteiger partial charge in [-0.05, 0) is 57.7 Å². The number of amides is 1. The molecule has 1 N–H and O–H groups in total. The molecular formula is C27H31N5O3. The summed E-state index contributed by atoms with van der Waals surface area (Å²) < 4.78 is 4.21. The van der Waals surface area contributed by atoms with Crippen molar-refractivity contribution in [1.29, 1.82) is 0 Å². The van der Waals surface area contributed by atoms with Crippen molar-refractivity contribution < 1.29 is 4.79 Å². The van der Waals surface area contributed by atoms with Gasteiger partial charge >= 0.3 is 5.69 Å². The van der Waals surface area contributed by atoms with Crippen molar-refractivity contribution in [2.45, 2.75) is 60.7 Å². The SMILES string of the molecule is CCn1nc(C)c2c1c(=O)n(CCc1ccccc1)c(=O)n2CC(=O)Nc1c(C)cc(C)cc1C. The summed E-state index contributed by atoms with van der Waals surface area (Å²) in [6.45, 7) is 10.0. The van der Waals surface area contributed by atoms with Crippen LogP contribution in [0, 0.1) is 27.7 Å². The molecule has 0 fully saturated rings. The maximum atomic E-state index is 13.6. The van der Waals surface area contributed by atoms with E-state index in [0.29, 0.717) is 29.7 Å². The molecule has 8 heteroatoms. The third kappa shape index (κ3) is 4.69. The quantitative estimate of drug-likeness (QED) is 0.445. The Morgan fingerprint density at radius 1 is 0.943 bits per heavy atom. The lowest BCUT2D eigenvalue weighted by Gasteiger charge is -2.15. The van der Waals surface area contributed by atoms with Gasteiger partial charge in [-0.2, -0.15) is 5.10 Å². The predicted molar refractivity (Wildman–Crippen MR) is 138 cm³/mol. The number of carbonyl (C=O) groups excluding carboxylic acids is 1. The van der Waals surface area contributed by atoms with Gasteiger partial charge in [-0.25, -0.2) is 4.79 Å². The second-order valence-electron chi connectivity index (χ2n) is 8.98. The molecule has 182 valence electrons. The van der Waals surface area contributed by atoms with Gasteiger partial charge in [-0.3, -0.25) is 23.4 Å². The molecule has 0 saturated carbocycles. The normalized spacial score (nSPS) is 11.2. The van der Waals surface area contributed by atoms with Crippen molar-refractivity contribution in [2.24, 2.45) is 0 Å². The Bertz CT molecular complexity index is 1500. The molecule has 35 heavy (non-hydrogen) atoms. The van der Waals surface area contributed by atoms with Crippen LogP contribution in [0.3, 0.4) is 0 Å². The highest BCUT2D eigenvalue weighted by molar-refractivity contribution is 5.93. The molecule has 0 aliphatic carbocycles. The number of aromatic nitrogens is 4. The minimum atomic E-state index is -0.510. The number of hydrogen-bond donors (Lipinski definition) is 1. The maximum Gasteiger partial charge on any atom is 0.332 e. The van der Waals surface area contributed by atoms with E-state index in [9.17, 15) is 14.4 Å². The fourth-order valence-electron chi connectivity index (χ4n) is 4.72. The third-order valence-corrected chi connectivity index (χ3v) is 6.28. The Morgan fingerprint density at radius 3 is 2.23 bits per heavy atom. The molecule has 8 nitrogen and oxygen atoms in total. The standard InChI is InChI=1S/C27H31N5O3/c1-6-32-25-24(20(5)29-32)31(16-22(33)28-23-18(3)14-17(2)15-19(23)4)27(35)30(26(25)34)13-12-21-10-8-7-9-11-21/h7-11,14-15H,6,12-13,16H2,1-5H3,(H,28,33). The van der Waals surface area contributed by atoms with Crippen LogP contribution in [0.4, 0.5) is 5.69 Å². The van der Waals surface area contributed by atoms with Crippen LogP contribution in [-0.4, -0.2) is 24.8 Å². The summed E-state index contributed by atoms with van der Waals surface area (Å²) in [6.07, 6.45) is 0.523. The van der Waals surface area contributed by atoms with Crippen LogP contribution < -0.4 is 16.6 Å². The molecule has 0 spiro atoms. The van der Waals surface area contributed by atoms with Crippen molar-refractivity contribution in [3.8, 4) is 0 Å². The van der Waals surface area contributed by atoms with Crippen LogP contribution in [0.5, 0.6) is 0 Å². The van der Waals surface area contributed by atoms with E-state index in [1.54, 1.807) is 11.6 Å². The molecule has 0 saturated heterocycles. The van der Waals surface area contributed by atoms with E-state index in [1.807, 2.05) is 70.2 Å². The molecule has 4 aromatic rings. The number of fused-ring (bicyclic) bond motifs is 1. The highest BCUT2D eigenvalue weighted by Crippen LogP contribution is 2.22. The molecule has 0 radical (unpaired) electrons. The van der Waals surface area contributed by atoms with Gasteiger partial charge < -0.3 is 5.32 Å². The van der Waals surface area contributed by atoms with Gasteiger partial charge in [0.05, 0.1) is 5.69 Å². The summed E-state index contributed by atoms with van der Waals surface area (Å²) in [6, 6.07) is 13.7. The highest BCUT2D eigenvalue weighted by Gasteiger charge is 2.22. The van der Waals surface area contributed by atoms with Gasteiger partial charge in [0.1, 0.15) is 12.1 Å². The van der Waals surface area contributed by atoms with E-state index >= 15 is 0 Å². The van der Waals surface area contributed by atoms with Gasteiger partial charge in [0.25, 0.3) is 5.56 Å². The van der Waals surface area contributed by atoms with E-state index in [4.69, 9.17) is 0 Å². The van der Waals surface area contributed by atoms with Gasteiger partial charge in [0.15, 0.2) is 5.52 Å². The van der Waals surface area contributed by atoms with Crippen LogP contribution in [-0.2, 0) is 30.8 Å². The summed E-state index contributed by atoms with van der Waals surface area (Å²) in [7, 11) is 0. The number of aryl methyl sites for hydroxylation is 6. The first-order valence-electron chi connectivity index (χ1n) is 11.8. The van der Waals surface area contributed by atoms with Crippen molar-refractivity contribution in [1.82, 2.24) is 18.9 Å². The summed E-state index contributed by atoms with van der Waals surface area (Å²) in [5.41, 5.74) is 5.18. The molecule has 0 aliphatic heterocycles. The molecule has 2 heterocycles. The van der Waals surface area contributed by atoms with Crippen molar-refractivity contribution >= 4 is 22.6 Å². The molecule has 0 unspecified atom stereocenters. The van der Waals surface area contributed by atoms with Crippen LogP contribution in [0.2, 0.25) is 0 Å². The number of benzene rings is 2. The fourth-order valence-corrected chi connectivity index (χ4v) is 4.72. The lowest BCUT2D eigenvalue weighted by atomic mass is 10.1. The predicted octanol–water partition coefficient (Wildman–Crippen LogP) is 3.49. The first-order chi connectivity index (χ1) is 16.7. The Hall–Kier alpha value is -3.94. The van der Waals surface area contributed by atoms with E-state index in [0.717, 1.165) is 27.9 Å². The van der Waals surface area contributed by atoms with Crippen LogP contribution in [0.1, 0.15) is 34.9 Å². The number of anilines is 1. The van der Waals surface area contributed by atoms with Gasteiger partial charge in [-0.15, -0.1) is 0 Å². The van der Waals surface area contributed by atoms with Crippen LogP contribution >= 0.6 is 0 Å². The van der Waals surface area contributed by atoms with Crippen molar-refractivity contribution in [3.05, 3.63) is 91.3 Å². The molecule has 2 aromatic carbocycles. The van der Waals surface area contributed by atoms with Gasteiger partial charge in [0, 0.05) is 18.8 Å². The highest BCUT2D eigenvalue weighted by atomic mass is 16.2. The second-order valence-corrected chi connectivity index (χ2v) is 8.98. The Labute approximate surface area is 203 Å². The number of nitrogens with one attached hydrogen (secondary N) is 1. The number of carbonyl (C=O) groups is 1. The minimum absolute atomic E-state index is 0.212. The lowest BCUT2D eigenvalue weighted by molar-refractivity contribution is -0.116. The van der Waals surface area contributed by atoms with Crippen molar-refractivity contribution in [2.75, 3.05) is 5.32 Å². The minimum Gasteiger partial charge on any atom is -0.324 e. The molecule has 2 aromatic heterocycles. The average Bonchev–Trinajstić information content (AvgIpc) is 3.16. The average molecular weight is 474 g/mol. The summed E-state index contributed by atoms with van der Waals surface area (Å²) in [5, 5.41) is 7.44. The largest absolute Gasteiger partial charge is 0.332 e.